The van der Waals surface area contributed by atoms with Crippen LogP contribution in [0.2, 0.25) is 0 Å². The second kappa shape index (κ2) is 14.2. The standard InChI is InChI=1S/C30H9F9N18O3/c1-7-8(2)44-20-19(43-7)49-15(50-20)10(5-40)13-46-14(11(6-41)16-51-23-24(52-16)57-27(60-30(37,38)39)26(56-23)59-29(34,35)36)48-17(47-13)12(42-4)18-53-21-22(54-18)55-25(9(3)45-21)58-28(31,32)33/h1-3H3/b18-12+. The van der Waals surface area contributed by atoms with Crippen LogP contribution in [-0.4, -0.2) is 63.9 Å². The maximum absolute atomic E-state index is 13.1. The second-order valence-corrected chi connectivity index (χ2v) is 11.3. The monoisotopic (exact) mass is 840 g/mol. The Kier molecular flexibility index (Phi) is 9.38. The molecule has 0 aliphatic carbocycles. The minimum absolute atomic E-state index is 0.0197. The van der Waals surface area contributed by atoms with Crippen LogP contribution in [0.1, 0.15) is 34.6 Å². The number of hydrogen-bond acceptors (Lipinski definition) is 20. The van der Waals surface area contributed by atoms with E-state index in [-0.39, 0.29) is 28.0 Å². The third kappa shape index (κ3) is 8.02. The first-order chi connectivity index (χ1) is 28.1. The number of fused-ring (bicyclic) bond motifs is 3. The SMILES string of the molecule is [C-]#[N+]/C(=C1\N=c2nc(C)c(OC(F)(F)F)nc2=N1)c1nc(C(C#N)=C2N=c3nc(C)c(C)nc3=N2)nc(C(C#N)=C2N=c3nc(OC(F)(F)F)c(OC(F)(F)F)nc3=N2)n1. The highest BCUT2D eigenvalue weighted by Crippen LogP contribution is 2.32. The fraction of sp³-hybridized carbons (Fsp3) is 0.200. The first kappa shape index (κ1) is 39.7. The zero-order valence-corrected chi connectivity index (χ0v) is 29.2. The van der Waals surface area contributed by atoms with Crippen molar-refractivity contribution in [3.8, 4) is 29.8 Å². The average Bonchev–Trinajstić information content (AvgIpc) is 3.84. The van der Waals surface area contributed by atoms with E-state index < -0.39 is 99.1 Å². The Bertz CT molecular complexity index is 3130. The van der Waals surface area contributed by atoms with Crippen LogP contribution in [0.5, 0.6) is 17.6 Å². The molecule has 0 amide bonds. The Hall–Kier alpha value is -8.49. The molecule has 60 heavy (non-hydrogen) atoms. The Labute approximate surface area is 322 Å². The van der Waals surface area contributed by atoms with Crippen molar-refractivity contribution in [2.75, 3.05) is 0 Å². The van der Waals surface area contributed by atoms with E-state index in [9.17, 15) is 50.0 Å². The van der Waals surface area contributed by atoms with Crippen LogP contribution in [-0.2, 0) is 0 Å². The van der Waals surface area contributed by atoms with Gasteiger partial charge in [-0.1, -0.05) is 0 Å². The molecule has 30 heteroatoms. The van der Waals surface area contributed by atoms with Crippen molar-refractivity contribution in [2.24, 2.45) is 30.0 Å². The van der Waals surface area contributed by atoms with Crippen molar-refractivity contribution in [3.63, 3.8) is 0 Å². The third-order valence-electron chi connectivity index (χ3n) is 7.26. The quantitative estimate of drug-likeness (QED) is 0.147. The largest absolute Gasteiger partial charge is 0.574 e. The fourth-order valence-electron chi connectivity index (χ4n) is 4.77. The van der Waals surface area contributed by atoms with Crippen LogP contribution in [0.4, 0.5) is 39.5 Å². The van der Waals surface area contributed by atoms with Gasteiger partial charge in [0.05, 0.1) is 18.0 Å². The summed E-state index contributed by atoms with van der Waals surface area (Å²) in [6.07, 6.45) is -16.4. The minimum Gasteiger partial charge on any atom is -0.386 e. The molecule has 0 N–H and O–H groups in total. The molecule has 0 unspecified atom stereocenters. The van der Waals surface area contributed by atoms with Crippen LogP contribution in [0.15, 0.2) is 47.4 Å². The molecule has 0 saturated carbocycles. The number of halogens is 9. The summed E-state index contributed by atoms with van der Waals surface area (Å²) in [4.78, 5) is 62.1. The summed E-state index contributed by atoms with van der Waals surface area (Å²) < 4.78 is 128. The molecular formula is C30H9F9N18O3. The van der Waals surface area contributed by atoms with Gasteiger partial charge in [0, 0.05) is 0 Å². The van der Waals surface area contributed by atoms with Crippen LogP contribution in [0.3, 0.4) is 0 Å². The zero-order valence-electron chi connectivity index (χ0n) is 29.2. The highest BCUT2D eigenvalue weighted by atomic mass is 19.4. The molecule has 0 bridgehead atoms. The van der Waals surface area contributed by atoms with E-state index >= 15 is 0 Å². The number of aryl methyl sites for hydroxylation is 3. The van der Waals surface area contributed by atoms with Gasteiger partial charge in [0.2, 0.25) is 22.3 Å². The Morgan fingerprint density at radius 2 is 0.783 bits per heavy atom. The van der Waals surface area contributed by atoms with E-state index in [1.165, 1.54) is 0 Å². The third-order valence-corrected chi connectivity index (χ3v) is 7.26. The number of allylic oxidation sites excluding steroid dienone is 2. The molecule has 7 rings (SSSR count). The van der Waals surface area contributed by atoms with Crippen molar-refractivity contribution >= 4 is 16.8 Å². The van der Waals surface area contributed by atoms with Gasteiger partial charge in [-0.05, 0) is 20.8 Å². The average molecular weight is 841 g/mol. The molecule has 0 fully saturated rings. The van der Waals surface area contributed by atoms with E-state index in [0.29, 0.717) is 11.4 Å². The zero-order chi connectivity index (χ0) is 43.5. The van der Waals surface area contributed by atoms with Crippen LogP contribution in [0, 0.1) is 50.0 Å². The molecule has 0 radical (unpaired) electrons. The van der Waals surface area contributed by atoms with Gasteiger partial charge in [0.15, 0.2) is 51.4 Å². The molecule has 0 spiro atoms. The van der Waals surface area contributed by atoms with Crippen molar-refractivity contribution in [1.82, 2.24) is 44.9 Å². The minimum atomic E-state index is -5.59. The molecular weight excluding hydrogens is 831 g/mol. The highest BCUT2D eigenvalue weighted by molar-refractivity contribution is 5.80. The van der Waals surface area contributed by atoms with E-state index in [1.54, 1.807) is 26.0 Å². The van der Waals surface area contributed by atoms with Crippen molar-refractivity contribution < 1.29 is 53.7 Å². The molecule has 3 aliphatic heterocycles. The van der Waals surface area contributed by atoms with Gasteiger partial charge in [-0.15, -0.1) is 39.5 Å². The van der Waals surface area contributed by atoms with Gasteiger partial charge in [0.25, 0.3) is 17.5 Å². The first-order valence-electron chi connectivity index (χ1n) is 15.5. The number of hydrogen-bond donors (Lipinski definition) is 0. The molecule has 21 nitrogen and oxygen atoms in total. The lowest BCUT2D eigenvalue weighted by Gasteiger charge is -2.12. The summed E-state index contributed by atoms with van der Waals surface area (Å²) in [6.45, 7) is 12.3. The topological polar surface area (TPSA) is 270 Å². The molecule has 3 aliphatic rings. The number of ether oxygens (including phenoxy) is 3. The molecule has 4 aromatic rings. The summed E-state index contributed by atoms with van der Waals surface area (Å²) in [7, 11) is 0. The van der Waals surface area contributed by atoms with E-state index in [2.05, 4.69) is 93.9 Å². The number of aromatic nitrogens is 9. The molecule has 300 valence electrons. The predicted octanol–water partition coefficient (Wildman–Crippen LogP) is 0.651. The highest BCUT2D eigenvalue weighted by Gasteiger charge is 2.39. The Morgan fingerprint density at radius 1 is 0.467 bits per heavy atom. The normalized spacial score (nSPS) is 14.6. The van der Waals surface area contributed by atoms with Gasteiger partial charge in [-0.3, -0.25) is 0 Å². The summed E-state index contributed by atoms with van der Waals surface area (Å²) >= 11 is 0. The van der Waals surface area contributed by atoms with E-state index in [1.807, 2.05) is 0 Å². The van der Waals surface area contributed by atoms with Gasteiger partial charge in [-0.2, -0.15) is 25.5 Å². The van der Waals surface area contributed by atoms with Crippen LogP contribution >= 0.6 is 0 Å². The van der Waals surface area contributed by atoms with E-state index in [0.717, 1.165) is 6.92 Å². The second-order valence-electron chi connectivity index (χ2n) is 11.3. The summed E-state index contributed by atoms with van der Waals surface area (Å²) in [6, 6.07) is 3.39. The van der Waals surface area contributed by atoms with E-state index in [4.69, 9.17) is 6.57 Å². The lowest BCUT2D eigenvalue weighted by Crippen LogP contribution is -2.33. The van der Waals surface area contributed by atoms with Crippen molar-refractivity contribution in [3.05, 3.63) is 96.4 Å². The van der Waals surface area contributed by atoms with Gasteiger partial charge < -0.3 is 14.2 Å². The van der Waals surface area contributed by atoms with Gasteiger partial charge in [0.1, 0.15) is 29.0 Å². The number of rotatable bonds is 6. The summed E-state index contributed by atoms with van der Waals surface area (Å²) in [5, 5.41) is 20.6. The Balaban J connectivity index is 1.47. The first-order valence-corrected chi connectivity index (χ1v) is 15.5. The van der Waals surface area contributed by atoms with Crippen molar-refractivity contribution in [2.45, 2.75) is 39.9 Å². The number of nitrogens with zero attached hydrogens (tertiary/aromatic N) is 18. The molecule has 4 aromatic heterocycles. The number of alkyl halides is 9. The lowest BCUT2D eigenvalue weighted by molar-refractivity contribution is -0.289. The van der Waals surface area contributed by atoms with Crippen LogP contribution < -0.4 is 47.1 Å². The van der Waals surface area contributed by atoms with Gasteiger partial charge >= 0.3 is 19.1 Å². The number of nitriles is 2. The Morgan fingerprint density at radius 3 is 1.15 bits per heavy atom. The summed E-state index contributed by atoms with van der Waals surface area (Å²) in [5.74, 6) is -8.67. The maximum Gasteiger partial charge on any atom is 0.574 e. The smallest absolute Gasteiger partial charge is 0.386 e. The summed E-state index contributed by atoms with van der Waals surface area (Å²) in [5.41, 5.74) is -4.32. The molecule has 7 heterocycles. The van der Waals surface area contributed by atoms with Gasteiger partial charge in [-0.25, -0.2) is 64.7 Å². The maximum atomic E-state index is 13.1. The molecule has 0 saturated heterocycles. The fourth-order valence-corrected chi connectivity index (χ4v) is 4.77. The molecule has 0 aromatic carbocycles. The predicted molar refractivity (Wildman–Crippen MR) is 166 cm³/mol. The van der Waals surface area contributed by atoms with Crippen molar-refractivity contribution in [1.29, 1.82) is 10.5 Å². The van der Waals surface area contributed by atoms with Crippen LogP contribution in [0.25, 0.3) is 21.7 Å². The lowest BCUT2D eigenvalue weighted by atomic mass is 10.2. The molecule has 0 atom stereocenters.